The van der Waals surface area contributed by atoms with Crippen molar-refractivity contribution < 1.29 is 13.2 Å². The average molecular weight is 312 g/mol. The highest BCUT2D eigenvalue weighted by atomic mass is 19.2. The van der Waals surface area contributed by atoms with Gasteiger partial charge < -0.3 is 11.5 Å². The number of rotatable bonds is 0. The molecular formula is C17H23F3N2. The van der Waals surface area contributed by atoms with Crippen LogP contribution in [0.25, 0.3) is 0 Å². The van der Waals surface area contributed by atoms with Crippen LogP contribution >= 0.6 is 0 Å². The Morgan fingerprint density at radius 1 is 0.727 bits per heavy atom. The molecule has 0 heterocycles. The van der Waals surface area contributed by atoms with Crippen LogP contribution in [0.3, 0.4) is 0 Å². The summed E-state index contributed by atoms with van der Waals surface area (Å²) in [4.78, 5) is 0. The minimum absolute atomic E-state index is 0.101. The summed E-state index contributed by atoms with van der Waals surface area (Å²) in [7, 11) is 0. The molecule has 22 heavy (non-hydrogen) atoms. The first-order valence-electron chi connectivity index (χ1n) is 6.96. The lowest BCUT2D eigenvalue weighted by Crippen LogP contribution is -2.02. The molecule has 0 unspecified atom stereocenters. The second-order valence-electron chi connectivity index (χ2n) is 4.57. The van der Waals surface area contributed by atoms with Gasteiger partial charge in [0.15, 0.2) is 11.6 Å². The molecule has 4 N–H and O–H groups in total. The van der Waals surface area contributed by atoms with Gasteiger partial charge in [-0.2, -0.15) is 0 Å². The predicted molar refractivity (Wildman–Crippen MR) is 87.1 cm³/mol. The molecule has 122 valence electrons. The highest BCUT2D eigenvalue weighted by molar-refractivity contribution is 5.67. The first-order valence-corrected chi connectivity index (χ1v) is 6.96. The standard InChI is InChI=1S/C8H9F.C7H8F2N2.C2H6/c1-6-3-4-7(2)8(9)5-6;1-3-2-4(8)5(9)7(11)6(3)10;1-2/h3-5H,1-2H3;2H,10-11H2,1H3;1-2H3. The fourth-order valence-corrected chi connectivity index (χ4v) is 1.49. The monoisotopic (exact) mass is 312 g/mol. The first-order chi connectivity index (χ1) is 10.2. The number of nitrogens with two attached hydrogens (primary N) is 2. The quantitative estimate of drug-likeness (QED) is 0.679. The lowest BCUT2D eigenvalue weighted by Gasteiger charge is -2.05. The van der Waals surface area contributed by atoms with E-state index >= 15 is 0 Å². The molecule has 0 radical (unpaired) electrons. The van der Waals surface area contributed by atoms with E-state index in [0.29, 0.717) is 11.1 Å². The number of hydrogen-bond acceptors (Lipinski definition) is 2. The van der Waals surface area contributed by atoms with Gasteiger partial charge in [-0.25, -0.2) is 13.2 Å². The Hall–Kier alpha value is -2.17. The topological polar surface area (TPSA) is 52.0 Å². The maximum absolute atomic E-state index is 12.6. The molecule has 0 fully saturated rings. The molecule has 0 aliphatic heterocycles. The maximum atomic E-state index is 12.6. The molecule has 0 aromatic heterocycles. The largest absolute Gasteiger partial charge is 0.397 e. The van der Waals surface area contributed by atoms with Gasteiger partial charge in [-0.15, -0.1) is 0 Å². The highest BCUT2D eigenvalue weighted by Gasteiger charge is 2.10. The Morgan fingerprint density at radius 2 is 1.27 bits per heavy atom. The smallest absolute Gasteiger partial charge is 0.183 e. The van der Waals surface area contributed by atoms with E-state index in [1.54, 1.807) is 19.9 Å². The summed E-state index contributed by atoms with van der Waals surface area (Å²) in [6, 6.07) is 6.24. The molecule has 5 heteroatoms. The number of halogens is 3. The van der Waals surface area contributed by atoms with Crippen LogP contribution in [0, 0.1) is 38.2 Å². The molecule has 0 amide bonds. The van der Waals surface area contributed by atoms with Crippen LogP contribution in [-0.4, -0.2) is 0 Å². The lowest BCUT2D eigenvalue weighted by atomic mass is 10.1. The highest BCUT2D eigenvalue weighted by Crippen LogP contribution is 2.24. The van der Waals surface area contributed by atoms with Crippen molar-refractivity contribution >= 4 is 11.4 Å². The Balaban J connectivity index is 0.000000366. The molecule has 0 atom stereocenters. The van der Waals surface area contributed by atoms with Crippen LogP contribution in [0.5, 0.6) is 0 Å². The van der Waals surface area contributed by atoms with Crippen LogP contribution in [0.1, 0.15) is 30.5 Å². The van der Waals surface area contributed by atoms with Crippen LogP contribution in [0.2, 0.25) is 0 Å². The Bertz CT molecular complexity index is 600. The van der Waals surface area contributed by atoms with Gasteiger partial charge in [0.1, 0.15) is 5.82 Å². The van der Waals surface area contributed by atoms with Crippen molar-refractivity contribution in [1.82, 2.24) is 0 Å². The van der Waals surface area contributed by atoms with E-state index < -0.39 is 11.6 Å². The summed E-state index contributed by atoms with van der Waals surface area (Å²) >= 11 is 0. The summed E-state index contributed by atoms with van der Waals surface area (Å²) in [6.07, 6.45) is 0. The Kier molecular flexibility index (Phi) is 8.09. The minimum Gasteiger partial charge on any atom is -0.397 e. The molecule has 0 aliphatic carbocycles. The molecule has 0 aliphatic rings. The van der Waals surface area contributed by atoms with Crippen molar-refractivity contribution in [3.8, 4) is 0 Å². The summed E-state index contributed by atoms with van der Waals surface area (Å²) in [5.41, 5.74) is 12.4. The molecule has 0 saturated carbocycles. The molecule has 0 saturated heterocycles. The molecule has 0 bridgehead atoms. The molecule has 2 aromatic rings. The second kappa shape index (κ2) is 8.97. The van der Waals surface area contributed by atoms with Gasteiger partial charge in [0.2, 0.25) is 0 Å². The van der Waals surface area contributed by atoms with Gasteiger partial charge in [-0.1, -0.05) is 26.0 Å². The third-order valence-electron chi connectivity index (χ3n) is 2.83. The second-order valence-corrected chi connectivity index (χ2v) is 4.57. The van der Waals surface area contributed by atoms with Gasteiger partial charge in [0.25, 0.3) is 0 Å². The zero-order valence-electron chi connectivity index (χ0n) is 13.6. The van der Waals surface area contributed by atoms with Crippen LogP contribution in [0.15, 0.2) is 24.3 Å². The van der Waals surface area contributed by atoms with Gasteiger partial charge >= 0.3 is 0 Å². The molecule has 2 rings (SSSR count). The van der Waals surface area contributed by atoms with Crippen molar-refractivity contribution in [1.29, 1.82) is 0 Å². The lowest BCUT2D eigenvalue weighted by molar-refractivity contribution is 0.512. The van der Waals surface area contributed by atoms with Crippen molar-refractivity contribution in [2.75, 3.05) is 11.5 Å². The number of nitrogen functional groups attached to an aromatic ring is 2. The van der Waals surface area contributed by atoms with E-state index in [2.05, 4.69) is 0 Å². The summed E-state index contributed by atoms with van der Waals surface area (Å²) in [6.45, 7) is 9.20. The van der Waals surface area contributed by atoms with E-state index in [9.17, 15) is 13.2 Å². The normalized spacial score (nSPS) is 9.27. The van der Waals surface area contributed by atoms with Crippen LogP contribution < -0.4 is 11.5 Å². The third kappa shape index (κ3) is 5.31. The van der Waals surface area contributed by atoms with Crippen molar-refractivity contribution in [3.63, 3.8) is 0 Å². The molecule has 2 aromatic carbocycles. The van der Waals surface area contributed by atoms with E-state index in [1.807, 2.05) is 26.8 Å². The number of benzene rings is 2. The summed E-state index contributed by atoms with van der Waals surface area (Å²) in [5, 5.41) is 0. The maximum Gasteiger partial charge on any atom is 0.183 e. The SMILES string of the molecule is CC.Cc1cc(F)c(F)c(N)c1N.Cc1ccc(C)c(F)c1. The van der Waals surface area contributed by atoms with Crippen molar-refractivity contribution in [2.45, 2.75) is 34.6 Å². The van der Waals surface area contributed by atoms with E-state index in [4.69, 9.17) is 11.5 Å². The zero-order valence-corrected chi connectivity index (χ0v) is 13.6. The predicted octanol–water partition coefficient (Wildman–Crippen LogP) is 4.91. The van der Waals surface area contributed by atoms with Gasteiger partial charge in [-0.3, -0.25) is 0 Å². The molecule has 0 spiro atoms. The van der Waals surface area contributed by atoms with Crippen molar-refractivity contribution in [2.24, 2.45) is 0 Å². The number of hydrogen-bond donors (Lipinski definition) is 2. The number of aryl methyl sites for hydroxylation is 3. The van der Waals surface area contributed by atoms with E-state index in [0.717, 1.165) is 11.6 Å². The van der Waals surface area contributed by atoms with Crippen molar-refractivity contribution in [3.05, 3.63) is 58.4 Å². The Morgan fingerprint density at radius 3 is 1.73 bits per heavy atom. The molecular weight excluding hydrogens is 289 g/mol. The average Bonchev–Trinajstić information content (AvgIpc) is 2.50. The molecule has 2 nitrogen and oxygen atoms in total. The summed E-state index contributed by atoms with van der Waals surface area (Å²) < 4.78 is 37.7. The fourth-order valence-electron chi connectivity index (χ4n) is 1.49. The minimum atomic E-state index is -1.08. The zero-order chi connectivity index (χ0) is 17.4. The number of anilines is 2. The van der Waals surface area contributed by atoms with Gasteiger partial charge in [-0.05, 0) is 49.6 Å². The van der Waals surface area contributed by atoms with E-state index in [1.165, 1.54) is 6.07 Å². The first kappa shape index (κ1) is 19.8. The van der Waals surface area contributed by atoms with E-state index in [-0.39, 0.29) is 17.2 Å². The summed E-state index contributed by atoms with van der Waals surface area (Å²) in [5.74, 6) is -2.16. The van der Waals surface area contributed by atoms with Gasteiger partial charge in [0, 0.05) is 0 Å². The fraction of sp³-hybridized carbons (Fsp3) is 0.294. The Labute approximate surface area is 130 Å². The van der Waals surface area contributed by atoms with Gasteiger partial charge in [0.05, 0.1) is 11.4 Å². The van der Waals surface area contributed by atoms with Crippen LogP contribution in [-0.2, 0) is 0 Å². The van der Waals surface area contributed by atoms with Crippen LogP contribution in [0.4, 0.5) is 24.5 Å². The third-order valence-corrected chi connectivity index (χ3v) is 2.83.